The number of halogens is 1. The van der Waals surface area contributed by atoms with Crippen molar-refractivity contribution in [3.63, 3.8) is 0 Å². The zero-order valence-corrected chi connectivity index (χ0v) is 15.6. The molecule has 4 rings (SSSR count). The van der Waals surface area contributed by atoms with Gasteiger partial charge in [0.1, 0.15) is 11.4 Å². The maximum absolute atomic E-state index is 9.23. The van der Waals surface area contributed by atoms with Crippen LogP contribution in [0.25, 0.3) is 22.5 Å². The Morgan fingerprint density at radius 3 is 2.82 bits per heavy atom. The minimum Gasteiger partial charge on any atom is -0.495 e. The van der Waals surface area contributed by atoms with Gasteiger partial charge in [0.15, 0.2) is 0 Å². The summed E-state index contributed by atoms with van der Waals surface area (Å²) < 4.78 is 10.5. The van der Waals surface area contributed by atoms with Crippen molar-refractivity contribution in [2.75, 3.05) is 12.4 Å². The Morgan fingerprint density at radius 2 is 2.11 bits per heavy atom. The molecule has 0 saturated heterocycles. The van der Waals surface area contributed by atoms with Crippen LogP contribution >= 0.6 is 11.6 Å². The lowest BCUT2D eigenvalue weighted by molar-refractivity contribution is 0.415. The Bertz CT molecular complexity index is 1190. The van der Waals surface area contributed by atoms with E-state index in [4.69, 9.17) is 20.8 Å². The Kier molecular flexibility index (Phi) is 4.79. The highest BCUT2D eigenvalue weighted by Gasteiger charge is 2.12. The number of ether oxygens (including phenoxy) is 1. The molecule has 0 aliphatic carbocycles. The Morgan fingerprint density at radius 1 is 1.21 bits per heavy atom. The quantitative estimate of drug-likeness (QED) is 0.537. The van der Waals surface area contributed by atoms with Crippen LogP contribution in [0.5, 0.6) is 5.75 Å². The van der Waals surface area contributed by atoms with E-state index in [2.05, 4.69) is 26.6 Å². The van der Waals surface area contributed by atoms with E-state index in [1.165, 1.54) is 6.39 Å². The van der Waals surface area contributed by atoms with Gasteiger partial charge in [0.2, 0.25) is 6.39 Å². The van der Waals surface area contributed by atoms with Gasteiger partial charge in [0.05, 0.1) is 29.3 Å². The minimum absolute atomic E-state index is 0.321. The molecule has 2 aromatic carbocycles. The highest BCUT2D eigenvalue weighted by Crippen LogP contribution is 2.30. The first kappa shape index (κ1) is 17.8. The van der Waals surface area contributed by atoms with Gasteiger partial charge < -0.3 is 14.5 Å². The predicted octanol–water partition coefficient (Wildman–Crippen LogP) is 4.43. The number of hydrogen-bond acceptors (Lipinski definition) is 7. The Hall–Kier alpha value is -3.63. The van der Waals surface area contributed by atoms with Crippen molar-refractivity contribution in [1.82, 2.24) is 15.2 Å². The number of methoxy groups -OCH3 is 1. The van der Waals surface area contributed by atoms with Gasteiger partial charge in [0, 0.05) is 17.6 Å². The molecular weight excluding hydrogens is 378 g/mol. The second kappa shape index (κ2) is 7.55. The van der Waals surface area contributed by atoms with Crippen molar-refractivity contribution in [2.45, 2.75) is 6.54 Å². The largest absolute Gasteiger partial charge is 0.495 e. The van der Waals surface area contributed by atoms with Crippen molar-refractivity contribution in [1.29, 1.82) is 5.26 Å². The summed E-state index contributed by atoms with van der Waals surface area (Å²) in [6, 6.07) is 14.9. The number of nitrogens with one attached hydrogen (secondary N) is 1. The van der Waals surface area contributed by atoms with E-state index in [-0.39, 0.29) is 0 Å². The SMILES string of the molecule is COc1ccc(CNc2cc(-c3nnco3)nc3ccc(C#N)cc23)cc1Cl. The predicted molar refractivity (Wildman–Crippen MR) is 105 cm³/mol. The average Bonchev–Trinajstić information content (AvgIpc) is 3.26. The van der Waals surface area contributed by atoms with Gasteiger partial charge in [-0.1, -0.05) is 17.7 Å². The molecule has 0 fully saturated rings. The molecular formula is C20H14ClN5O2. The molecule has 0 aliphatic heterocycles. The van der Waals surface area contributed by atoms with Gasteiger partial charge in [-0.05, 0) is 42.0 Å². The molecule has 1 N–H and O–H groups in total. The van der Waals surface area contributed by atoms with Crippen LogP contribution in [0.4, 0.5) is 5.69 Å². The molecule has 0 aliphatic rings. The third kappa shape index (κ3) is 3.46. The highest BCUT2D eigenvalue weighted by atomic mass is 35.5. The molecule has 7 nitrogen and oxygen atoms in total. The van der Waals surface area contributed by atoms with Crippen LogP contribution in [0.3, 0.4) is 0 Å². The molecule has 8 heteroatoms. The van der Waals surface area contributed by atoms with Crippen LogP contribution in [0, 0.1) is 11.3 Å². The summed E-state index contributed by atoms with van der Waals surface area (Å²) in [5, 5.41) is 21.6. The summed E-state index contributed by atoms with van der Waals surface area (Å²) in [7, 11) is 1.58. The maximum Gasteiger partial charge on any atom is 0.266 e. The monoisotopic (exact) mass is 391 g/mol. The van der Waals surface area contributed by atoms with E-state index in [0.717, 1.165) is 16.6 Å². The third-order valence-corrected chi connectivity index (χ3v) is 4.51. The van der Waals surface area contributed by atoms with Crippen LogP contribution in [0.15, 0.2) is 53.3 Å². The molecule has 0 atom stereocenters. The van der Waals surface area contributed by atoms with Gasteiger partial charge in [-0.25, -0.2) is 4.98 Å². The van der Waals surface area contributed by atoms with E-state index in [1.807, 2.05) is 24.3 Å². The minimum atomic E-state index is 0.321. The van der Waals surface area contributed by atoms with Crippen LogP contribution in [-0.2, 0) is 6.54 Å². The lowest BCUT2D eigenvalue weighted by Crippen LogP contribution is -2.02. The van der Waals surface area contributed by atoms with Crippen LogP contribution in [-0.4, -0.2) is 22.3 Å². The van der Waals surface area contributed by atoms with E-state index < -0.39 is 0 Å². The number of fused-ring (bicyclic) bond motifs is 1. The summed E-state index contributed by atoms with van der Waals surface area (Å²) >= 11 is 6.21. The lowest BCUT2D eigenvalue weighted by atomic mass is 10.1. The van der Waals surface area contributed by atoms with Crippen LogP contribution in [0.2, 0.25) is 5.02 Å². The molecule has 0 amide bonds. The molecule has 0 unspecified atom stereocenters. The van der Waals surface area contributed by atoms with Crippen LogP contribution < -0.4 is 10.1 Å². The number of anilines is 1. The fraction of sp³-hybridized carbons (Fsp3) is 0.100. The smallest absolute Gasteiger partial charge is 0.266 e. The Balaban J connectivity index is 1.73. The zero-order valence-electron chi connectivity index (χ0n) is 14.8. The standard InChI is InChI=1S/C20H14ClN5O2/c1-27-19-5-3-13(7-15(19)21)10-23-17-8-18(20-26-24-11-28-20)25-16-4-2-12(9-22)6-14(16)17/h2-8,11H,10H2,1H3,(H,23,25). The second-order valence-corrected chi connectivity index (χ2v) is 6.37. The summed E-state index contributed by atoms with van der Waals surface area (Å²) in [6.07, 6.45) is 1.26. The van der Waals surface area contributed by atoms with Gasteiger partial charge in [-0.2, -0.15) is 5.26 Å². The van der Waals surface area contributed by atoms with Crippen LogP contribution in [0.1, 0.15) is 11.1 Å². The fourth-order valence-electron chi connectivity index (χ4n) is 2.85. The molecule has 0 bridgehead atoms. The molecule has 0 radical (unpaired) electrons. The number of hydrogen-bond donors (Lipinski definition) is 1. The topological polar surface area (TPSA) is 96.9 Å². The first-order valence-electron chi connectivity index (χ1n) is 8.35. The third-order valence-electron chi connectivity index (χ3n) is 4.22. The van der Waals surface area contributed by atoms with Gasteiger partial charge in [0.25, 0.3) is 5.89 Å². The Labute approximate surface area is 165 Å². The van der Waals surface area contributed by atoms with Gasteiger partial charge in [-0.3, -0.25) is 0 Å². The maximum atomic E-state index is 9.23. The van der Waals surface area contributed by atoms with E-state index in [1.54, 1.807) is 25.3 Å². The van der Waals surface area contributed by atoms with Gasteiger partial charge in [-0.15, -0.1) is 10.2 Å². The van der Waals surface area contributed by atoms with Gasteiger partial charge >= 0.3 is 0 Å². The molecule has 0 saturated carbocycles. The lowest BCUT2D eigenvalue weighted by Gasteiger charge is -2.12. The number of nitrogens with zero attached hydrogens (tertiary/aromatic N) is 4. The number of rotatable bonds is 5. The fourth-order valence-corrected chi connectivity index (χ4v) is 3.13. The summed E-state index contributed by atoms with van der Waals surface area (Å²) in [5.74, 6) is 0.943. The highest BCUT2D eigenvalue weighted by molar-refractivity contribution is 6.32. The van der Waals surface area contributed by atoms with Crippen molar-refractivity contribution in [3.8, 4) is 23.4 Å². The van der Waals surface area contributed by atoms with Crippen molar-refractivity contribution >= 4 is 28.2 Å². The number of pyridine rings is 1. The molecule has 28 heavy (non-hydrogen) atoms. The summed E-state index contributed by atoms with van der Waals surface area (Å²) in [5.41, 5.74) is 3.58. The number of benzene rings is 2. The number of aromatic nitrogens is 3. The van der Waals surface area contributed by atoms with E-state index in [0.29, 0.717) is 40.0 Å². The average molecular weight is 392 g/mol. The first-order chi connectivity index (χ1) is 13.7. The van der Waals surface area contributed by atoms with Crippen molar-refractivity contribution in [2.24, 2.45) is 0 Å². The van der Waals surface area contributed by atoms with E-state index >= 15 is 0 Å². The molecule has 138 valence electrons. The summed E-state index contributed by atoms with van der Waals surface area (Å²) in [6.45, 7) is 0.517. The summed E-state index contributed by atoms with van der Waals surface area (Å²) in [4.78, 5) is 4.56. The molecule has 2 aromatic heterocycles. The zero-order chi connectivity index (χ0) is 19.5. The van der Waals surface area contributed by atoms with E-state index in [9.17, 15) is 5.26 Å². The molecule has 2 heterocycles. The van der Waals surface area contributed by atoms with Crippen molar-refractivity contribution < 1.29 is 9.15 Å². The number of nitriles is 1. The molecule has 4 aromatic rings. The van der Waals surface area contributed by atoms with Crippen molar-refractivity contribution in [3.05, 3.63) is 65.0 Å². The molecule has 0 spiro atoms. The first-order valence-corrected chi connectivity index (χ1v) is 8.73. The normalized spacial score (nSPS) is 10.6. The second-order valence-electron chi connectivity index (χ2n) is 5.97.